The van der Waals surface area contributed by atoms with E-state index in [-0.39, 0.29) is 12.6 Å². The Morgan fingerprint density at radius 1 is 1.00 bits per heavy atom. The lowest BCUT2D eigenvalue weighted by Gasteiger charge is -2.38. The fourth-order valence-electron chi connectivity index (χ4n) is 6.95. The molecular formula is C35H43FN4O2SSi. The molecule has 0 bridgehead atoms. The maximum atomic E-state index is 16.0. The van der Waals surface area contributed by atoms with Crippen molar-refractivity contribution in [2.75, 3.05) is 38.1 Å². The summed E-state index contributed by atoms with van der Waals surface area (Å²) in [5, 5.41) is 3.18. The van der Waals surface area contributed by atoms with Crippen molar-refractivity contribution in [3.05, 3.63) is 47.9 Å². The minimum absolute atomic E-state index is 0.0958. The lowest BCUT2D eigenvalue weighted by Crippen LogP contribution is -2.43. The van der Waals surface area contributed by atoms with Crippen molar-refractivity contribution >= 4 is 47.3 Å². The van der Waals surface area contributed by atoms with Crippen LogP contribution in [0.1, 0.15) is 59.9 Å². The van der Waals surface area contributed by atoms with Gasteiger partial charge in [-0.15, -0.1) is 5.54 Å². The van der Waals surface area contributed by atoms with E-state index in [2.05, 4.69) is 62.9 Å². The Labute approximate surface area is 266 Å². The number of halogens is 1. The third-order valence-electron chi connectivity index (χ3n) is 9.05. The van der Waals surface area contributed by atoms with Crippen molar-refractivity contribution in [2.45, 2.75) is 76.2 Å². The van der Waals surface area contributed by atoms with E-state index in [0.29, 0.717) is 38.8 Å². The van der Waals surface area contributed by atoms with Gasteiger partial charge in [-0.1, -0.05) is 65.3 Å². The van der Waals surface area contributed by atoms with Crippen molar-refractivity contribution in [1.29, 1.82) is 0 Å². The number of rotatable bonds is 9. The van der Waals surface area contributed by atoms with E-state index < -0.39 is 8.07 Å². The fraction of sp³-hybridized carbons (Fsp3) is 0.457. The van der Waals surface area contributed by atoms with E-state index in [1.54, 1.807) is 13.2 Å². The van der Waals surface area contributed by atoms with Crippen LogP contribution >= 0.6 is 11.8 Å². The number of nitrogens with zero attached hydrogens (tertiary/aromatic N) is 4. The number of pyridine rings is 1. The van der Waals surface area contributed by atoms with Gasteiger partial charge in [-0.2, -0.15) is 0 Å². The summed E-state index contributed by atoms with van der Waals surface area (Å²) in [4.78, 5) is 17.0. The van der Waals surface area contributed by atoms with E-state index >= 15 is 4.39 Å². The van der Waals surface area contributed by atoms with E-state index in [9.17, 15) is 0 Å². The predicted octanol–water partition coefficient (Wildman–Crippen LogP) is 8.86. The van der Waals surface area contributed by atoms with E-state index in [0.717, 1.165) is 59.0 Å². The second kappa shape index (κ2) is 13.4. The average Bonchev–Trinajstić information content (AvgIpc) is 3.54. The Morgan fingerprint density at radius 3 is 2.34 bits per heavy atom. The van der Waals surface area contributed by atoms with Crippen LogP contribution in [-0.2, 0) is 4.74 Å². The minimum atomic E-state index is -2.13. The topological polar surface area (TPSA) is 60.4 Å². The molecule has 1 saturated heterocycles. The third kappa shape index (κ3) is 6.04. The van der Waals surface area contributed by atoms with Gasteiger partial charge in [0, 0.05) is 37.3 Å². The quantitative estimate of drug-likeness (QED) is 0.0602. The summed E-state index contributed by atoms with van der Waals surface area (Å²) >= 11 is 1.50. The first-order chi connectivity index (χ1) is 21.1. The molecule has 44 heavy (non-hydrogen) atoms. The molecule has 0 atom stereocenters. The molecule has 232 valence electrons. The molecule has 0 amide bonds. The minimum Gasteiger partial charge on any atom is -0.468 e. The number of aromatic nitrogens is 3. The van der Waals surface area contributed by atoms with E-state index in [1.165, 1.54) is 17.8 Å². The van der Waals surface area contributed by atoms with Gasteiger partial charge in [-0.05, 0) is 65.4 Å². The zero-order chi connectivity index (χ0) is 31.6. The summed E-state index contributed by atoms with van der Waals surface area (Å²) in [6, 6.07) is 9.16. The monoisotopic (exact) mass is 630 g/mol. The van der Waals surface area contributed by atoms with Crippen LogP contribution in [0, 0.1) is 17.3 Å². The van der Waals surface area contributed by atoms with Crippen LogP contribution in [0.15, 0.2) is 41.7 Å². The molecule has 1 aliphatic rings. The highest BCUT2D eigenvalue weighted by Crippen LogP contribution is 2.42. The molecule has 1 aliphatic heterocycles. The number of thioether (sulfide) groups is 1. The number of anilines is 1. The lowest BCUT2D eigenvalue weighted by atomic mass is 9.96. The van der Waals surface area contributed by atoms with Crippen molar-refractivity contribution in [2.24, 2.45) is 0 Å². The molecule has 2 aromatic carbocycles. The maximum absolute atomic E-state index is 16.0. The molecule has 3 heterocycles. The van der Waals surface area contributed by atoms with Gasteiger partial charge in [0.1, 0.15) is 25.5 Å². The molecule has 0 N–H and O–H groups in total. The number of methoxy groups -OCH3 is 1. The zero-order valence-electron chi connectivity index (χ0n) is 27.1. The van der Waals surface area contributed by atoms with Crippen LogP contribution in [0.25, 0.3) is 32.9 Å². The number of ether oxygens (including phenoxy) is 2. The van der Waals surface area contributed by atoms with E-state index in [4.69, 9.17) is 19.4 Å². The number of fused-ring (bicyclic) bond motifs is 2. The Balaban J connectivity index is 1.84. The van der Waals surface area contributed by atoms with Gasteiger partial charge >= 0.3 is 0 Å². The molecule has 9 heteroatoms. The molecule has 0 saturated carbocycles. The first-order valence-corrected chi connectivity index (χ1v) is 18.9. The van der Waals surface area contributed by atoms with Gasteiger partial charge in [-0.3, -0.25) is 0 Å². The summed E-state index contributed by atoms with van der Waals surface area (Å²) in [6.07, 6.45) is 6.06. The highest BCUT2D eigenvalue weighted by atomic mass is 32.2. The number of hydrogen-bond acceptors (Lipinski definition) is 7. The standard InChI is InChI=1S/C35H43FN4O2SSi/c1-22(2)44(23(3)4,24(5)6)16-13-27-30(36)12-11-25-17-26(42-21-41-7)18-28(33(25)27)31-19-32-29(20-37-35(39-32)43-8)34(38-31)40-14-9-10-15-40/h11-12,17-20,22-24H,9-10,14-15,21H2,1-8H3. The van der Waals surface area contributed by atoms with Gasteiger partial charge in [-0.25, -0.2) is 19.3 Å². The number of benzene rings is 2. The predicted molar refractivity (Wildman–Crippen MR) is 184 cm³/mol. The fourth-order valence-corrected chi connectivity index (χ4v) is 12.5. The molecule has 0 spiro atoms. The Kier molecular flexibility index (Phi) is 9.83. The molecule has 2 aromatic heterocycles. The van der Waals surface area contributed by atoms with Crippen molar-refractivity contribution in [3.63, 3.8) is 0 Å². The Bertz CT molecular complexity index is 1710. The summed E-state index contributed by atoms with van der Waals surface area (Å²) in [6.45, 7) is 15.6. The normalized spacial score (nSPS) is 13.9. The van der Waals surface area contributed by atoms with Crippen molar-refractivity contribution < 1.29 is 13.9 Å². The summed E-state index contributed by atoms with van der Waals surface area (Å²) in [7, 11) is -0.537. The van der Waals surface area contributed by atoms with Crippen LogP contribution < -0.4 is 9.64 Å². The summed E-state index contributed by atoms with van der Waals surface area (Å²) < 4.78 is 27.1. The first-order valence-electron chi connectivity index (χ1n) is 15.5. The molecule has 0 unspecified atom stereocenters. The highest BCUT2D eigenvalue weighted by molar-refractivity contribution is 7.98. The van der Waals surface area contributed by atoms with Crippen LogP contribution in [-0.4, -0.2) is 56.3 Å². The summed E-state index contributed by atoms with van der Waals surface area (Å²) in [5.74, 6) is 4.59. The van der Waals surface area contributed by atoms with Gasteiger partial charge in [0.15, 0.2) is 11.9 Å². The summed E-state index contributed by atoms with van der Waals surface area (Å²) in [5.41, 5.74) is 7.72. The zero-order valence-corrected chi connectivity index (χ0v) is 28.9. The second-order valence-corrected chi connectivity index (χ2v) is 18.9. The van der Waals surface area contributed by atoms with Crippen LogP contribution in [0.5, 0.6) is 5.75 Å². The van der Waals surface area contributed by atoms with Gasteiger partial charge < -0.3 is 14.4 Å². The average molecular weight is 631 g/mol. The second-order valence-electron chi connectivity index (χ2n) is 12.5. The van der Waals surface area contributed by atoms with Crippen LogP contribution in [0.2, 0.25) is 16.6 Å². The molecule has 0 aliphatic carbocycles. The highest BCUT2D eigenvalue weighted by Gasteiger charge is 2.41. The molecule has 6 nitrogen and oxygen atoms in total. The Morgan fingerprint density at radius 2 is 1.70 bits per heavy atom. The molecule has 1 fully saturated rings. The SMILES string of the molecule is COCOc1cc(-c2cc3nc(SC)ncc3c(N3CCCC3)n2)c2c(C#C[Si](C(C)C)(C(C)C)C(C)C)c(F)ccc2c1. The first kappa shape index (κ1) is 32.2. The molecule has 4 aromatic rings. The van der Waals surface area contributed by atoms with Crippen LogP contribution in [0.4, 0.5) is 10.2 Å². The van der Waals surface area contributed by atoms with Gasteiger partial charge in [0.05, 0.1) is 22.2 Å². The Hall–Kier alpha value is -3.19. The molecular weight excluding hydrogens is 588 g/mol. The van der Waals surface area contributed by atoms with Crippen LogP contribution in [0.3, 0.4) is 0 Å². The van der Waals surface area contributed by atoms with Crippen molar-refractivity contribution in [3.8, 4) is 28.5 Å². The maximum Gasteiger partial charge on any atom is 0.188 e. The molecule has 0 radical (unpaired) electrons. The largest absolute Gasteiger partial charge is 0.468 e. The van der Waals surface area contributed by atoms with Gasteiger partial charge in [0.2, 0.25) is 0 Å². The lowest BCUT2D eigenvalue weighted by molar-refractivity contribution is 0.0512. The third-order valence-corrected chi connectivity index (χ3v) is 15.9. The smallest absolute Gasteiger partial charge is 0.188 e. The molecule has 5 rings (SSSR count). The number of hydrogen-bond donors (Lipinski definition) is 0. The van der Waals surface area contributed by atoms with Crippen molar-refractivity contribution in [1.82, 2.24) is 15.0 Å². The van der Waals surface area contributed by atoms with E-state index in [1.807, 2.05) is 30.7 Å². The van der Waals surface area contributed by atoms with Gasteiger partial charge in [0.25, 0.3) is 0 Å².